The number of hydrogen-bond donors (Lipinski definition) is 2. The fourth-order valence-electron chi connectivity index (χ4n) is 1.91. The minimum absolute atomic E-state index is 0.0969. The van der Waals surface area contributed by atoms with Gasteiger partial charge >= 0.3 is 0 Å². The maximum atomic E-state index is 5.91. The Labute approximate surface area is 133 Å². The van der Waals surface area contributed by atoms with E-state index in [0.717, 1.165) is 23.3 Å². The molecule has 0 atom stereocenters. The maximum absolute atomic E-state index is 5.91. The summed E-state index contributed by atoms with van der Waals surface area (Å²) in [6.45, 7) is 10.0. The van der Waals surface area contributed by atoms with Crippen LogP contribution in [-0.4, -0.2) is 31.8 Å². The highest BCUT2D eigenvalue weighted by Crippen LogP contribution is 2.21. The Bertz CT molecular complexity index is 493. The second kappa shape index (κ2) is 8.63. The third kappa shape index (κ3) is 7.31. The van der Waals surface area contributed by atoms with Crippen LogP contribution in [0.5, 0.6) is 5.75 Å². The Morgan fingerprint density at radius 2 is 2.00 bits per heavy atom. The van der Waals surface area contributed by atoms with Crippen molar-refractivity contribution in [2.75, 3.05) is 20.3 Å². The molecule has 1 rings (SSSR count). The second-order valence-electron chi connectivity index (χ2n) is 6.38. The van der Waals surface area contributed by atoms with E-state index < -0.39 is 0 Å². The fourth-order valence-corrected chi connectivity index (χ4v) is 1.91. The number of aryl methyl sites for hydroxylation is 1. The molecule has 0 spiro atoms. The number of nitrogens with two attached hydrogens (primary N) is 1. The number of nitrogens with one attached hydrogen (secondary N) is 1. The largest absolute Gasteiger partial charge is 0.493 e. The minimum atomic E-state index is -0.0969. The van der Waals surface area contributed by atoms with Crippen molar-refractivity contribution < 1.29 is 9.47 Å². The Morgan fingerprint density at radius 1 is 1.27 bits per heavy atom. The van der Waals surface area contributed by atoms with E-state index in [1.807, 2.05) is 39.8 Å². The topological polar surface area (TPSA) is 68.9 Å². The first-order valence-electron chi connectivity index (χ1n) is 7.61. The number of hydrogen-bond acceptors (Lipinski definition) is 3. The lowest BCUT2D eigenvalue weighted by Crippen LogP contribution is -2.44. The lowest BCUT2D eigenvalue weighted by molar-refractivity contribution is 0.172. The molecule has 0 aliphatic heterocycles. The summed E-state index contributed by atoms with van der Waals surface area (Å²) < 4.78 is 10.9. The van der Waals surface area contributed by atoms with Crippen LogP contribution in [0.25, 0.3) is 0 Å². The van der Waals surface area contributed by atoms with Crippen molar-refractivity contribution in [2.45, 2.75) is 46.2 Å². The van der Waals surface area contributed by atoms with Crippen LogP contribution in [0.1, 0.15) is 38.3 Å². The first-order valence-corrected chi connectivity index (χ1v) is 7.61. The van der Waals surface area contributed by atoms with Gasteiger partial charge in [-0.2, -0.15) is 0 Å². The highest BCUT2D eigenvalue weighted by Gasteiger charge is 2.10. The lowest BCUT2D eigenvalue weighted by atomic mass is 10.1. The molecule has 0 heterocycles. The second-order valence-corrected chi connectivity index (χ2v) is 6.38. The van der Waals surface area contributed by atoms with E-state index in [2.05, 4.69) is 16.4 Å². The first kappa shape index (κ1) is 18.3. The number of benzene rings is 1. The third-order valence-electron chi connectivity index (χ3n) is 2.90. The molecule has 0 saturated carbocycles. The summed E-state index contributed by atoms with van der Waals surface area (Å²) in [5.41, 5.74) is 8.00. The molecule has 0 bridgehead atoms. The number of guanidine groups is 1. The molecule has 0 aliphatic carbocycles. The average molecular weight is 307 g/mol. The maximum Gasteiger partial charge on any atom is 0.189 e. The van der Waals surface area contributed by atoms with Gasteiger partial charge in [-0.1, -0.05) is 12.1 Å². The molecule has 1 aromatic carbocycles. The fraction of sp³-hybridized carbons (Fsp3) is 0.588. The number of methoxy groups -OCH3 is 1. The van der Waals surface area contributed by atoms with Gasteiger partial charge in [0.15, 0.2) is 5.96 Å². The van der Waals surface area contributed by atoms with Gasteiger partial charge in [0, 0.05) is 31.2 Å². The molecule has 0 fully saturated rings. The molecule has 3 N–H and O–H groups in total. The molecule has 0 aromatic heterocycles. The van der Waals surface area contributed by atoms with Gasteiger partial charge in [-0.25, -0.2) is 4.99 Å². The zero-order chi connectivity index (χ0) is 16.6. The third-order valence-corrected chi connectivity index (χ3v) is 2.90. The van der Waals surface area contributed by atoms with E-state index >= 15 is 0 Å². The van der Waals surface area contributed by atoms with E-state index in [1.54, 1.807) is 7.11 Å². The zero-order valence-corrected chi connectivity index (χ0v) is 14.4. The summed E-state index contributed by atoms with van der Waals surface area (Å²) in [5, 5.41) is 3.15. The molecule has 124 valence electrons. The van der Waals surface area contributed by atoms with E-state index in [0.29, 0.717) is 25.7 Å². The van der Waals surface area contributed by atoms with Crippen LogP contribution in [0.4, 0.5) is 0 Å². The van der Waals surface area contributed by atoms with Crippen molar-refractivity contribution in [2.24, 2.45) is 10.7 Å². The van der Waals surface area contributed by atoms with E-state index in [9.17, 15) is 0 Å². The van der Waals surface area contributed by atoms with Gasteiger partial charge in [0.1, 0.15) is 5.75 Å². The molecule has 0 saturated heterocycles. The van der Waals surface area contributed by atoms with Crippen LogP contribution < -0.4 is 15.8 Å². The number of aliphatic imine (C=N–C) groups is 1. The Morgan fingerprint density at radius 3 is 2.64 bits per heavy atom. The van der Waals surface area contributed by atoms with Gasteiger partial charge in [-0.3, -0.25) is 0 Å². The summed E-state index contributed by atoms with van der Waals surface area (Å²) in [6, 6.07) is 6.13. The number of ether oxygens (including phenoxy) is 2. The monoisotopic (exact) mass is 307 g/mol. The van der Waals surface area contributed by atoms with Crippen LogP contribution in [-0.2, 0) is 11.3 Å². The lowest BCUT2D eigenvalue weighted by Gasteiger charge is -2.21. The SMILES string of the molecule is COCCCOc1cc(C)ccc1CN=C(N)NC(C)(C)C. The molecular formula is C17H29N3O2. The quantitative estimate of drug-likeness (QED) is 0.461. The van der Waals surface area contributed by atoms with Crippen LogP contribution in [0, 0.1) is 6.92 Å². The number of rotatable bonds is 7. The van der Waals surface area contributed by atoms with Crippen molar-refractivity contribution in [3.05, 3.63) is 29.3 Å². The van der Waals surface area contributed by atoms with Crippen molar-refractivity contribution in [1.82, 2.24) is 5.32 Å². The van der Waals surface area contributed by atoms with E-state index in [-0.39, 0.29) is 5.54 Å². The standard InChI is InChI=1S/C17H29N3O2/c1-13-7-8-14(12-19-16(18)20-17(2,3)4)15(11-13)22-10-6-9-21-5/h7-8,11H,6,9-10,12H2,1-5H3,(H3,18,19,20). The summed E-state index contributed by atoms with van der Waals surface area (Å²) in [7, 11) is 1.69. The van der Waals surface area contributed by atoms with E-state index in [1.165, 1.54) is 0 Å². The summed E-state index contributed by atoms with van der Waals surface area (Å²) in [4.78, 5) is 4.39. The predicted molar refractivity (Wildman–Crippen MR) is 91.4 cm³/mol. The van der Waals surface area contributed by atoms with Crippen molar-refractivity contribution in [3.8, 4) is 5.75 Å². The van der Waals surface area contributed by atoms with Crippen LogP contribution >= 0.6 is 0 Å². The molecular weight excluding hydrogens is 278 g/mol. The van der Waals surface area contributed by atoms with Gasteiger partial charge in [-0.05, 0) is 39.3 Å². The van der Waals surface area contributed by atoms with Crippen LogP contribution in [0.15, 0.2) is 23.2 Å². The first-order chi connectivity index (χ1) is 10.3. The highest BCUT2D eigenvalue weighted by atomic mass is 16.5. The molecule has 0 aliphatic rings. The van der Waals surface area contributed by atoms with Gasteiger partial charge in [-0.15, -0.1) is 0 Å². The van der Waals surface area contributed by atoms with E-state index in [4.69, 9.17) is 15.2 Å². The molecule has 0 unspecified atom stereocenters. The molecule has 0 radical (unpaired) electrons. The van der Waals surface area contributed by atoms with Gasteiger partial charge in [0.05, 0.1) is 13.2 Å². The van der Waals surface area contributed by atoms with Crippen LogP contribution in [0.2, 0.25) is 0 Å². The predicted octanol–water partition coefficient (Wildman–Crippen LogP) is 2.61. The molecule has 5 nitrogen and oxygen atoms in total. The smallest absolute Gasteiger partial charge is 0.189 e. The normalized spacial score (nSPS) is 12.3. The minimum Gasteiger partial charge on any atom is -0.493 e. The summed E-state index contributed by atoms with van der Waals surface area (Å²) in [5.74, 6) is 1.31. The average Bonchev–Trinajstić information content (AvgIpc) is 2.41. The zero-order valence-electron chi connectivity index (χ0n) is 14.4. The van der Waals surface area contributed by atoms with Crippen molar-refractivity contribution >= 4 is 5.96 Å². The number of nitrogens with zero attached hydrogens (tertiary/aromatic N) is 1. The van der Waals surface area contributed by atoms with Gasteiger partial charge in [0.2, 0.25) is 0 Å². The molecule has 22 heavy (non-hydrogen) atoms. The van der Waals surface area contributed by atoms with Crippen molar-refractivity contribution in [1.29, 1.82) is 0 Å². The Kier molecular flexibility index (Phi) is 7.18. The molecule has 1 aromatic rings. The molecule has 0 amide bonds. The Hall–Kier alpha value is -1.75. The Balaban J connectivity index is 2.70. The van der Waals surface area contributed by atoms with Crippen molar-refractivity contribution in [3.63, 3.8) is 0 Å². The van der Waals surface area contributed by atoms with Crippen LogP contribution in [0.3, 0.4) is 0 Å². The summed E-state index contributed by atoms with van der Waals surface area (Å²) in [6.07, 6.45) is 0.862. The summed E-state index contributed by atoms with van der Waals surface area (Å²) >= 11 is 0. The molecule has 5 heteroatoms. The highest BCUT2D eigenvalue weighted by molar-refractivity contribution is 5.78. The van der Waals surface area contributed by atoms with Gasteiger partial charge < -0.3 is 20.5 Å². The van der Waals surface area contributed by atoms with Gasteiger partial charge in [0.25, 0.3) is 0 Å².